The number of hydrogen-bond acceptors (Lipinski definition) is 7. The van der Waals surface area contributed by atoms with Crippen LogP contribution >= 0.6 is 0 Å². The first kappa shape index (κ1) is 23.5. The molecule has 1 unspecified atom stereocenters. The van der Waals surface area contributed by atoms with Gasteiger partial charge in [-0.3, -0.25) is 9.89 Å². The van der Waals surface area contributed by atoms with E-state index < -0.39 is 16.2 Å². The lowest BCUT2D eigenvalue weighted by Gasteiger charge is -2.36. The second kappa shape index (κ2) is 9.70. The average Bonchev–Trinajstić information content (AvgIpc) is 3.22. The Labute approximate surface area is 194 Å². The van der Waals surface area contributed by atoms with Crippen molar-refractivity contribution in [3.05, 3.63) is 35.0 Å². The zero-order valence-electron chi connectivity index (χ0n) is 19.2. The number of aromatic nitrogens is 2. The first-order valence-electron chi connectivity index (χ1n) is 11.3. The van der Waals surface area contributed by atoms with Gasteiger partial charge in [-0.25, -0.2) is 13.7 Å². The van der Waals surface area contributed by atoms with Crippen molar-refractivity contribution in [1.82, 2.24) is 19.8 Å². The third-order valence-electron chi connectivity index (χ3n) is 5.76. The summed E-state index contributed by atoms with van der Waals surface area (Å²) in [5.74, 6) is 0.735. The number of benzene rings is 1. The van der Waals surface area contributed by atoms with Crippen LogP contribution in [-0.4, -0.2) is 68.3 Å². The number of nitrogens with zero attached hydrogens (tertiary/aromatic N) is 4. The van der Waals surface area contributed by atoms with E-state index >= 15 is 0 Å². The molecule has 11 heteroatoms. The van der Waals surface area contributed by atoms with Crippen LogP contribution in [-0.2, 0) is 14.8 Å². The molecule has 1 fully saturated rings. The summed E-state index contributed by atoms with van der Waals surface area (Å²) in [6, 6.07) is 4.81. The van der Waals surface area contributed by atoms with E-state index in [0.29, 0.717) is 67.8 Å². The van der Waals surface area contributed by atoms with Crippen LogP contribution in [0.2, 0.25) is 0 Å². The van der Waals surface area contributed by atoms with Crippen LogP contribution in [0.15, 0.2) is 23.1 Å². The summed E-state index contributed by atoms with van der Waals surface area (Å²) in [5.41, 5.74) is 1.58. The van der Waals surface area contributed by atoms with Gasteiger partial charge in [0.2, 0.25) is 10.0 Å². The molecule has 1 saturated heterocycles. The van der Waals surface area contributed by atoms with Gasteiger partial charge in [0, 0.05) is 25.2 Å². The second-order valence-electron chi connectivity index (χ2n) is 8.10. The number of nitrogens with one attached hydrogen (secondary N) is 1. The Balaban J connectivity index is 1.80. The van der Waals surface area contributed by atoms with E-state index in [2.05, 4.69) is 15.5 Å². The molecule has 0 bridgehead atoms. The summed E-state index contributed by atoms with van der Waals surface area (Å²) in [7, 11) is -3.73. The van der Waals surface area contributed by atoms with Gasteiger partial charge in [-0.1, -0.05) is 13.8 Å². The van der Waals surface area contributed by atoms with Crippen molar-refractivity contribution in [3.8, 4) is 5.75 Å². The zero-order valence-corrected chi connectivity index (χ0v) is 20.0. The number of H-pyrrole nitrogens is 1. The van der Waals surface area contributed by atoms with Crippen LogP contribution in [0, 0.1) is 6.92 Å². The van der Waals surface area contributed by atoms with E-state index in [4.69, 9.17) is 9.47 Å². The van der Waals surface area contributed by atoms with Crippen molar-refractivity contribution in [3.63, 3.8) is 0 Å². The maximum Gasteiger partial charge on any atom is 0.280 e. The lowest BCUT2D eigenvalue weighted by atomic mass is 10.0. The number of aryl methyl sites for hydroxylation is 1. The molecule has 4 rings (SSSR count). The van der Waals surface area contributed by atoms with Gasteiger partial charge in [-0.05, 0) is 38.0 Å². The summed E-state index contributed by atoms with van der Waals surface area (Å²) in [6.07, 6.45) is 0.863. The van der Waals surface area contributed by atoms with Gasteiger partial charge in [-0.2, -0.15) is 9.40 Å². The van der Waals surface area contributed by atoms with Gasteiger partial charge in [-0.15, -0.1) is 0 Å². The van der Waals surface area contributed by atoms with E-state index in [1.54, 1.807) is 25.1 Å². The fraction of sp³-hybridized carbons (Fsp3) is 0.545. The standard InChI is InChI=1S/C22H30N5O5S/c1-4-8-27-20(23-22(28)19-15(3)24-25-21(19)27)17-14-16(6-7-18(17)32-11-5-2)33(29,30)26-9-12-31-13-10-26/h6-7,14,20H,4-5,8-13H2,1-3H3,(H,24,25). The number of hydrogen-bond donors (Lipinski definition) is 1. The Kier molecular flexibility index (Phi) is 6.91. The van der Waals surface area contributed by atoms with Crippen LogP contribution < -0.4 is 15.0 Å². The van der Waals surface area contributed by atoms with Gasteiger partial charge in [0.1, 0.15) is 17.1 Å². The van der Waals surface area contributed by atoms with E-state index in [-0.39, 0.29) is 10.8 Å². The summed E-state index contributed by atoms with van der Waals surface area (Å²) in [6.45, 7) is 8.19. The minimum absolute atomic E-state index is 0.147. The summed E-state index contributed by atoms with van der Waals surface area (Å²) >= 11 is 0. The first-order chi connectivity index (χ1) is 15.9. The van der Waals surface area contributed by atoms with Gasteiger partial charge in [0.05, 0.1) is 30.4 Å². The van der Waals surface area contributed by atoms with Crippen molar-refractivity contribution < 1.29 is 22.7 Å². The topological polar surface area (TPSA) is 119 Å². The maximum atomic E-state index is 13.3. The number of anilines is 1. The van der Waals surface area contributed by atoms with E-state index in [1.165, 1.54) is 4.31 Å². The largest absolute Gasteiger partial charge is 0.493 e. The van der Waals surface area contributed by atoms with Crippen molar-refractivity contribution in [1.29, 1.82) is 0 Å². The fourth-order valence-electron chi connectivity index (χ4n) is 4.13. The van der Waals surface area contributed by atoms with Crippen LogP contribution in [0.3, 0.4) is 0 Å². The Bertz CT molecular complexity index is 1110. The minimum atomic E-state index is -3.73. The smallest absolute Gasteiger partial charge is 0.280 e. The monoisotopic (exact) mass is 476 g/mol. The van der Waals surface area contributed by atoms with Gasteiger partial charge < -0.3 is 14.4 Å². The van der Waals surface area contributed by atoms with Crippen LogP contribution in [0.25, 0.3) is 0 Å². The van der Waals surface area contributed by atoms with Crippen molar-refractivity contribution >= 4 is 21.7 Å². The highest BCUT2D eigenvalue weighted by molar-refractivity contribution is 7.89. The Morgan fingerprint density at radius 3 is 2.67 bits per heavy atom. The molecule has 2 aliphatic heterocycles. The molecule has 1 amide bonds. The van der Waals surface area contributed by atoms with Crippen molar-refractivity contribution in [2.24, 2.45) is 0 Å². The highest BCUT2D eigenvalue weighted by atomic mass is 32.2. The Hall–Kier alpha value is -2.63. The number of carbonyl (C=O) groups excluding carboxylic acids is 1. The van der Waals surface area contributed by atoms with Crippen LogP contribution in [0.5, 0.6) is 5.75 Å². The van der Waals surface area contributed by atoms with Crippen molar-refractivity contribution in [2.45, 2.75) is 44.7 Å². The number of sulfonamides is 1. The quantitative estimate of drug-likeness (QED) is 0.620. The summed E-state index contributed by atoms with van der Waals surface area (Å²) in [4.78, 5) is 15.0. The first-order valence-corrected chi connectivity index (χ1v) is 12.7. The number of rotatable bonds is 8. The van der Waals surface area contributed by atoms with Gasteiger partial charge >= 0.3 is 0 Å². The average molecular weight is 477 g/mol. The Morgan fingerprint density at radius 2 is 1.97 bits per heavy atom. The van der Waals surface area contributed by atoms with E-state index in [9.17, 15) is 13.2 Å². The van der Waals surface area contributed by atoms with Gasteiger partial charge in [0.25, 0.3) is 5.91 Å². The molecule has 3 heterocycles. The lowest BCUT2D eigenvalue weighted by molar-refractivity contribution is 0.0730. The SMILES string of the molecule is CCCOc1ccc(S(=O)(=O)N2CCOCC2)cc1C1[N]C(=O)c2c(C)n[nH]c2N1CCC. The van der Waals surface area contributed by atoms with E-state index in [0.717, 1.165) is 12.8 Å². The lowest BCUT2D eigenvalue weighted by Crippen LogP contribution is -2.43. The molecule has 0 spiro atoms. The molecular weight excluding hydrogens is 446 g/mol. The fourth-order valence-corrected chi connectivity index (χ4v) is 5.58. The number of aromatic amines is 1. The van der Waals surface area contributed by atoms with Crippen molar-refractivity contribution in [2.75, 3.05) is 44.4 Å². The molecule has 2 aliphatic rings. The highest BCUT2D eigenvalue weighted by Crippen LogP contribution is 2.39. The molecule has 0 saturated carbocycles. The molecule has 10 nitrogen and oxygen atoms in total. The molecule has 1 atom stereocenters. The molecule has 2 aromatic rings. The second-order valence-corrected chi connectivity index (χ2v) is 10.0. The third-order valence-corrected chi connectivity index (χ3v) is 7.65. The normalized spacial score (nSPS) is 19.3. The molecule has 33 heavy (non-hydrogen) atoms. The van der Waals surface area contributed by atoms with Crippen LogP contribution in [0.1, 0.15) is 54.5 Å². The number of ether oxygens (including phenoxy) is 2. The predicted octanol–water partition coefficient (Wildman–Crippen LogP) is 2.20. The van der Waals surface area contributed by atoms with Gasteiger partial charge in [0.15, 0.2) is 6.17 Å². The Morgan fingerprint density at radius 1 is 1.21 bits per heavy atom. The molecule has 179 valence electrons. The maximum absolute atomic E-state index is 13.3. The number of fused-ring (bicyclic) bond motifs is 1. The summed E-state index contributed by atoms with van der Waals surface area (Å²) in [5, 5.41) is 11.6. The summed E-state index contributed by atoms with van der Waals surface area (Å²) < 4.78 is 39.3. The van der Waals surface area contributed by atoms with Crippen LogP contribution in [0.4, 0.5) is 5.82 Å². The zero-order chi connectivity index (χ0) is 23.6. The molecular formula is C22H30N5O5S. The highest BCUT2D eigenvalue weighted by Gasteiger charge is 2.38. The number of amides is 1. The predicted molar refractivity (Wildman–Crippen MR) is 122 cm³/mol. The molecule has 1 aromatic heterocycles. The molecule has 1 radical (unpaired) electrons. The third kappa shape index (κ3) is 4.44. The minimum Gasteiger partial charge on any atom is -0.493 e. The number of carbonyl (C=O) groups is 1. The molecule has 0 aliphatic carbocycles. The van der Waals surface area contributed by atoms with E-state index in [1.807, 2.05) is 18.7 Å². The number of morpholine rings is 1. The molecule has 1 N–H and O–H groups in total. The molecule has 1 aromatic carbocycles.